The first-order valence-corrected chi connectivity index (χ1v) is 13.5. The number of sulfone groups is 1. The monoisotopic (exact) mass is 529 g/mol. The van der Waals surface area contributed by atoms with Crippen molar-refractivity contribution in [1.29, 1.82) is 0 Å². The standard InChI is InChI=1S/C25H24FN3O5S2/c1-29-16-27-15-20(29)10-12-34-25(23-28-11-13-35-23)36(32,33)21-9-6-18(22(14-21)24(30)31)5-2-17-3-7-19(26)8-4-17/h3-4,6-9,11,13-16,25H,2,5,10,12H2,1H3,(H,30,31). The van der Waals surface area contributed by atoms with Crippen molar-refractivity contribution in [2.45, 2.75) is 29.6 Å². The van der Waals surface area contributed by atoms with Crippen molar-refractivity contribution < 1.29 is 27.4 Å². The van der Waals surface area contributed by atoms with Crippen LogP contribution in [0.5, 0.6) is 0 Å². The van der Waals surface area contributed by atoms with Crippen LogP contribution in [0, 0.1) is 5.82 Å². The molecule has 2 aromatic carbocycles. The quantitative estimate of drug-likeness (QED) is 0.309. The van der Waals surface area contributed by atoms with Gasteiger partial charge in [0.2, 0.25) is 15.3 Å². The number of ether oxygens (including phenoxy) is 1. The fourth-order valence-corrected chi connectivity index (χ4v) is 6.24. The maximum atomic E-state index is 13.6. The highest BCUT2D eigenvalue weighted by atomic mass is 32.2. The molecule has 0 aliphatic carbocycles. The van der Waals surface area contributed by atoms with Crippen LogP contribution in [0.1, 0.15) is 37.6 Å². The normalized spacial score (nSPS) is 12.5. The Morgan fingerprint density at radius 2 is 1.94 bits per heavy atom. The molecule has 0 amide bonds. The average Bonchev–Trinajstić information content (AvgIpc) is 3.53. The zero-order chi connectivity index (χ0) is 25.7. The number of thiazole rings is 1. The summed E-state index contributed by atoms with van der Waals surface area (Å²) in [5, 5.41) is 11.7. The van der Waals surface area contributed by atoms with E-state index in [0.29, 0.717) is 24.8 Å². The predicted octanol–water partition coefficient (Wildman–Crippen LogP) is 4.23. The second-order valence-corrected chi connectivity index (χ2v) is 11.0. The highest BCUT2D eigenvalue weighted by molar-refractivity contribution is 7.91. The summed E-state index contributed by atoms with van der Waals surface area (Å²) in [7, 11) is -2.29. The molecule has 11 heteroatoms. The maximum Gasteiger partial charge on any atom is 0.336 e. The molecule has 36 heavy (non-hydrogen) atoms. The molecular formula is C25H24FN3O5S2. The van der Waals surface area contributed by atoms with Crippen LogP contribution < -0.4 is 0 Å². The molecule has 0 spiro atoms. The summed E-state index contributed by atoms with van der Waals surface area (Å²) in [5.74, 6) is -1.58. The number of imidazole rings is 1. The van der Waals surface area contributed by atoms with Gasteiger partial charge < -0.3 is 14.4 Å². The molecule has 2 heterocycles. The minimum atomic E-state index is -4.12. The Morgan fingerprint density at radius 1 is 1.17 bits per heavy atom. The molecule has 0 aliphatic rings. The number of halogens is 1. The Hall–Kier alpha value is -3.41. The molecule has 0 saturated heterocycles. The number of benzene rings is 2. The number of aromatic carboxylic acids is 1. The number of carboxylic acid groups (broad SMARTS) is 1. The molecule has 8 nitrogen and oxygen atoms in total. The summed E-state index contributed by atoms with van der Waals surface area (Å²) in [6.45, 7) is 0.102. The molecule has 4 aromatic rings. The molecule has 0 radical (unpaired) electrons. The van der Waals surface area contributed by atoms with E-state index < -0.39 is 21.2 Å². The van der Waals surface area contributed by atoms with Crippen LogP contribution in [0.3, 0.4) is 0 Å². The van der Waals surface area contributed by atoms with E-state index >= 15 is 0 Å². The van der Waals surface area contributed by atoms with Gasteiger partial charge in [-0.2, -0.15) is 0 Å². The fourth-order valence-electron chi connectivity index (χ4n) is 3.74. The van der Waals surface area contributed by atoms with Gasteiger partial charge in [0.25, 0.3) is 0 Å². The summed E-state index contributed by atoms with van der Waals surface area (Å²) < 4.78 is 48.0. The predicted molar refractivity (Wildman–Crippen MR) is 132 cm³/mol. The van der Waals surface area contributed by atoms with Crippen molar-refractivity contribution in [3.05, 3.63) is 99.8 Å². The van der Waals surface area contributed by atoms with Gasteiger partial charge in [0.1, 0.15) is 10.8 Å². The van der Waals surface area contributed by atoms with Crippen LogP contribution >= 0.6 is 11.3 Å². The van der Waals surface area contributed by atoms with E-state index in [4.69, 9.17) is 4.74 Å². The van der Waals surface area contributed by atoms with Crippen molar-refractivity contribution in [2.24, 2.45) is 7.05 Å². The molecule has 0 saturated carbocycles. The summed E-state index contributed by atoms with van der Waals surface area (Å²) in [4.78, 5) is 20.0. The van der Waals surface area contributed by atoms with Gasteiger partial charge in [-0.15, -0.1) is 11.3 Å². The number of aryl methyl sites for hydroxylation is 3. The average molecular weight is 530 g/mol. The lowest BCUT2D eigenvalue weighted by Gasteiger charge is -2.18. The third-order valence-corrected chi connectivity index (χ3v) is 8.52. The molecule has 1 unspecified atom stereocenters. The van der Waals surface area contributed by atoms with Gasteiger partial charge in [-0.25, -0.2) is 27.6 Å². The Kier molecular flexibility index (Phi) is 7.92. The number of hydrogen-bond acceptors (Lipinski definition) is 7. The molecule has 0 aliphatic heterocycles. The molecular weight excluding hydrogens is 505 g/mol. The number of aromatic nitrogens is 3. The minimum Gasteiger partial charge on any atom is -0.478 e. The van der Waals surface area contributed by atoms with Crippen LogP contribution in [-0.4, -0.2) is 40.6 Å². The van der Waals surface area contributed by atoms with Gasteiger partial charge >= 0.3 is 5.97 Å². The first-order valence-electron chi connectivity index (χ1n) is 11.1. The Labute approximate surface area is 212 Å². The number of carboxylic acids is 1. The Bertz CT molecular complexity index is 1430. The van der Waals surface area contributed by atoms with Crippen molar-refractivity contribution in [1.82, 2.24) is 14.5 Å². The topological polar surface area (TPSA) is 111 Å². The minimum absolute atomic E-state index is 0.102. The second kappa shape index (κ2) is 11.1. The molecule has 188 valence electrons. The lowest BCUT2D eigenvalue weighted by molar-refractivity contribution is 0.0695. The van der Waals surface area contributed by atoms with Crippen molar-refractivity contribution >= 4 is 27.1 Å². The first kappa shape index (κ1) is 25.7. The van der Waals surface area contributed by atoms with Crippen LogP contribution in [0.2, 0.25) is 0 Å². The Balaban J connectivity index is 1.58. The number of rotatable bonds is 11. The fraction of sp³-hybridized carbons (Fsp3) is 0.240. The molecule has 2 aromatic heterocycles. The van der Waals surface area contributed by atoms with Crippen LogP contribution in [0.4, 0.5) is 4.39 Å². The van der Waals surface area contributed by atoms with Crippen molar-refractivity contribution in [2.75, 3.05) is 6.61 Å². The molecule has 1 N–H and O–H groups in total. The largest absolute Gasteiger partial charge is 0.478 e. The van der Waals surface area contributed by atoms with Gasteiger partial charge in [-0.05, 0) is 48.2 Å². The maximum absolute atomic E-state index is 13.6. The number of carbonyl (C=O) groups is 1. The van der Waals surface area contributed by atoms with E-state index in [1.165, 1.54) is 36.5 Å². The van der Waals surface area contributed by atoms with Crippen LogP contribution in [0.15, 0.2) is 71.5 Å². The van der Waals surface area contributed by atoms with Gasteiger partial charge in [0, 0.05) is 36.9 Å². The highest BCUT2D eigenvalue weighted by Gasteiger charge is 2.33. The van der Waals surface area contributed by atoms with Gasteiger partial charge in [0.05, 0.1) is 23.4 Å². The zero-order valence-electron chi connectivity index (χ0n) is 19.4. The smallest absolute Gasteiger partial charge is 0.336 e. The summed E-state index contributed by atoms with van der Waals surface area (Å²) in [5.41, 5.74) is 0.719. The van der Waals surface area contributed by atoms with Crippen molar-refractivity contribution in [3.63, 3.8) is 0 Å². The summed E-state index contributed by atoms with van der Waals surface area (Å²) in [6, 6.07) is 10.0. The third kappa shape index (κ3) is 5.86. The molecule has 1 atom stereocenters. The number of nitrogens with zero attached hydrogens (tertiary/aromatic N) is 3. The number of hydrogen-bond donors (Lipinski definition) is 1. The van der Waals surface area contributed by atoms with E-state index in [1.807, 2.05) is 11.6 Å². The summed E-state index contributed by atoms with van der Waals surface area (Å²) >= 11 is 1.15. The van der Waals surface area contributed by atoms with Crippen LogP contribution in [0.25, 0.3) is 0 Å². The van der Waals surface area contributed by atoms with E-state index in [0.717, 1.165) is 22.6 Å². The van der Waals surface area contributed by atoms with Gasteiger partial charge in [-0.1, -0.05) is 18.2 Å². The lowest BCUT2D eigenvalue weighted by atomic mass is 10.00. The van der Waals surface area contributed by atoms with Gasteiger partial charge in [0.15, 0.2) is 0 Å². The highest BCUT2D eigenvalue weighted by Crippen LogP contribution is 2.32. The Morgan fingerprint density at radius 3 is 2.58 bits per heavy atom. The van der Waals surface area contributed by atoms with Gasteiger partial charge in [-0.3, -0.25) is 0 Å². The van der Waals surface area contributed by atoms with E-state index in [-0.39, 0.29) is 27.9 Å². The SMILES string of the molecule is Cn1cncc1CCOC(c1nccs1)S(=O)(=O)c1ccc(CCc2ccc(F)cc2)c(C(=O)O)c1. The first-order chi connectivity index (χ1) is 17.3. The second-order valence-electron chi connectivity index (χ2n) is 8.11. The lowest BCUT2D eigenvalue weighted by Crippen LogP contribution is -2.19. The molecule has 4 rings (SSSR count). The molecule has 0 bridgehead atoms. The van der Waals surface area contributed by atoms with Crippen LogP contribution in [-0.2, 0) is 40.9 Å². The van der Waals surface area contributed by atoms with E-state index in [9.17, 15) is 22.7 Å². The van der Waals surface area contributed by atoms with E-state index in [1.54, 1.807) is 30.0 Å². The summed E-state index contributed by atoms with van der Waals surface area (Å²) in [6.07, 6.45) is 6.09. The molecule has 0 fully saturated rings. The van der Waals surface area contributed by atoms with Crippen molar-refractivity contribution in [3.8, 4) is 0 Å². The third-order valence-electron chi connectivity index (χ3n) is 5.72. The zero-order valence-corrected chi connectivity index (χ0v) is 21.0. The van der Waals surface area contributed by atoms with E-state index in [2.05, 4.69) is 9.97 Å².